The highest BCUT2D eigenvalue weighted by Gasteiger charge is 2.19. The maximum Gasteiger partial charge on any atom is 0.105 e. The van der Waals surface area contributed by atoms with Crippen LogP contribution >= 0.6 is 0 Å². The number of pyridine rings is 1. The molecule has 1 aromatic rings. The van der Waals surface area contributed by atoms with Gasteiger partial charge < -0.3 is 5.11 Å². The van der Waals surface area contributed by atoms with Crippen molar-refractivity contribution in [3.8, 4) is 0 Å². The van der Waals surface area contributed by atoms with Crippen molar-refractivity contribution in [1.82, 2.24) is 10.3 Å². The van der Waals surface area contributed by atoms with Gasteiger partial charge in [-0.15, -0.1) is 0 Å². The monoisotopic (exact) mass is 248 g/mol. The van der Waals surface area contributed by atoms with Gasteiger partial charge >= 0.3 is 0 Å². The summed E-state index contributed by atoms with van der Waals surface area (Å²) in [4.78, 5) is 4.27. The van der Waals surface area contributed by atoms with Crippen molar-refractivity contribution in [2.75, 3.05) is 0 Å². The number of aliphatic hydroxyl groups is 1. The van der Waals surface area contributed by atoms with Gasteiger partial charge in [-0.25, -0.2) is 0 Å². The molecule has 18 heavy (non-hydrogen) atoms. The Morgan fingerprint density at radius 2 is 2.11 bits per heavy atom. The Labute approximate surface area is 110 Å². The molecule has 100 valence electrons. The van der Waals surface area contributed by atoms with Crippen LogP contribution in [0.4, 0.5) is 0 Å². The fourth-order valence-corrected chi connectivity index (χ4v) is 2.61. The Morgan fingerprint density at radius 3 is 2.78 bits per heavy atom. The summed E-state index contributed by atoms with van der Waals surface area (Å²) in [6.45, 7) is 2.31. The van der Waals surface area contributed by atoms with Crippen LogP contribution in [0.5, 0.6) is 0 Å². The van der Waals surface area contributed by atoms with E-state index >= 15 is 0 Å². The lowest BCUT2D eigenvalue weighted by Crippen LogP contribution is -2.40. The molecule has 3 nitrogen and oxygen atoms in total. The van der Waals surface area contributed by atoms with Crippen molar-refractivity contribution in [2.24, 2.45) is 5.92 Å². The smallest absolute Gasteiger partial charge is 0.105 e. The van der Waals surface area contributed by atoms with Crippen LogP contribution in [0.1, 0.15) is 44.7 Å². The summed E-state index contributed by atoms with van der Waals surface area (Å²) in [5.74, 6) is 0.855. The van der Waals surface area contributed by atoms with Crippen LogP contribution in [0.3, 0.4) is 0 Å². The minimum atomic E-state index is -0.398. The maximum absolute atomic E-state index is 9.99. The molecule has 2 rings (SSSR count). The molecule has 0 bridgehead atoms. The van der Waals surface area contributed by atoms with Gasteiger partial charge in [-0.05, 0) is 56.6 Å². The number of rotatable bonds is 5. The highest BCUT2D eigenvalue weighted by atomic mass is 16.3. The highest BCUT2D eigenvalue weighted by Crippen LogP contribution is 2.23. The lowest BCUT2D eigenvalue weighted by molar-refractivity contribution is 0.101. The van der Waals surface area contributed by atoms with Crippen molar-refractivity contribution in [2.45, 2.75) is 57.7 Å². The number of hydrogen-bond donors (Lipinski definition) is 2. The van der Waals surface area contributed by atoms with Gasteiger partial charge in [0, 0.05) is 17.9 Å². The summed E-state index contributed by atoms with van der Waals surface area (Å²) in [5.41, 5.74) is 1.05. The first-order chi connectivity index (χ1) is 8.74. The molecule has 1 aromatic heterocycles. The molecule has 0 aromatic carbocycles. The van der Waals surface area contributed by atoms with Crippen LogP contribution in [-0.2, 0) is 6.42 Å². The molecule has 1 aliphatic carbocycles. The molecule has 0 aliphatic heterocycles. The second-order valence-corrected chi connectivity index (χ2v) is 5.50. The van der Waals surface area contributed by atoms with Crippen molar-refractivity contribution in [3.63, 3.8) is 0 Å². The first-order valence-corrected chi connectivity index (χ1v) is 7.08. The minimum absolute atomic E-state index is 0.398. The van der Waals surface area contributed by atoms with Crippen molar-refractivity contribution in [1.29, 1.82) is 0 Å². The summed E-state index contributed by atoms with van der Waals surface area (Å²) in [6, 6.07) is 6.42. The third-order valence-electron chi connectivity index (χ3n) is 3.84. The molecular formula is C15H24N2O. The zero-order valence-electron chi connectivity index (χ0n) is 11.2. The molecule has 1 atom stereocenters. The largest absolute Gasteiger partial charge is 0.379 e. The summed E-state index contributed by atoms with van der Waals surface area (Å²) >= 11 is 0. The normalized spacial score (nSPS) is 25.9. The Balaban J connectivity index is 1.67. The van der Waals surface area contributed by atoms with E-state index in [0.717, 1.165) is 24.5 Å². The van der Waals surface area contributed by atoms with Crippen LogP contribution in [0.25, 0.3) is 0 Å². The van der Waals surface area contributed by atoms with E-state index in [1.165, 1.54) is 25.7 Å². The highest BCUT2D eigenvalue weighted by molar-refractivity contribution is 5.03. The molecule has 1 saturated carbocycles. The number of nitrogens with zero attached hydrogens (tertiary/aromatic N) is 1. The predicted molar refractivity (Wildman–Crippen MR) is 73.1 cm³/mol. The summed E-state index contributed by atoms with van der Waals surface area (Å²) < 4.78 is 0. The molecule has 1 heterocycles. The molecule has 0 radical (unpaired) electrons. The molecule has 3 heteroatoms. The third-order valence-corrected chi connectivity index (χ3v) is 3.84. The molecule has 0 saturated heterocycles. The van der Waals surface area contributed by atoms with E-state index in [1.54, 1.807) is 6.20 Å². The van der Waals surface area contributed by atoms with Crippen molar-refractivity contribution in [3.05, 3.63) is 30.1 Å². The van der Waals surface area contributed by atoms with E-state index in [4.69, 9.17) is 0 Å². The Kier molecular flexibility index (Phi) is 5.14. The van der Waals surface area contributed by atoms with E-state index in [2.05, 4.69) is 17.2 Å². The van der Waals surface area contributed by atoms with Crippen molar-refractivity contribution < 1.29 is 5.11 Å². The number of aromatic nitrogens is 1. The van der Waals surface area contributed by atoms with Gasteiger partial charge in [-0.3, -0.25) is 10.3 Å². The summed E-state index contributed by atoms with van der Waals surface area (Å²) in [5, 5.41) is 13.3. The summed E-state index contributed by atoms with van der Waals surface area (Å²) in [6.07, 6.45) is 7.93. The van der Waals surface area contributed by atoms with Crippen LogP contribution in [0.2, 0.25) is 0 Å². The van der Waals surface area contributed by atoms with Crippen LogP contribution in [0, 0.1) is 5.92 Å². The first kappa shape index (κ1) is 13.5. The molecule has 0 spiro atoms. The molecule has 1 fully saturated rings. The zero-order chi connectivity index (χ0) is 12.8. The Hall–Kier alpha value is -0.930. The predicted octanol–water partition coefficient (Wildman–Crippen LogP) is 2.50. The third kappa shape index (κ3) is 4.39. The standard InChI is InChI=1S/C15H24N2O/c1-12-5-7-14(8-6-12)17-15(18)10-9-13-4-2-3-11-16-13/h2-4,11-12,14-15,17-18H,5-10H2,1H3. The first-order valence-electron chi connectivity index (χ1n) is 7.08. The van der Waals surface area contributed by atoms with Gasteiger partial charge in [0.25, 0.3) is 0 Å². The van der Waals surface area contributed by atoms with E-state index in [-0.39, 0.29) is 0 Å². The summed E-state index contributed by atoms with van der Waals surface area (Å²) in [7, 11) is 0. The minimum Gasteiger partial charge on any atom is -0.379 e. The van der Waals surface area contributed by atoms with E-state index < -0.39 is 6.23 Å². The lowest BCUT2D eigenvalue weighted by atomic mass is 9.87. The molecular weight excluding hydrogens is 224 g/mol. The number of nitrogens with one attached hydrogen (secondary N) is 1. The lowest BCUT2D eigenvalue weighted by Gasteiger charge is -2.29. The SMILES string of the molecule is CC1CCC(NC(O)CCc2ccccn2)CC1. The second kappa shape index (κ2) is 6.86. The van der Waals surface area contributed by atoms with Crippen LogP contribution < -0.4 is 5.32 Å². The topological polar surface area (TPSA) is 45.1 Å². The molecule has 2 N–H and O–H groups in total. The fraction of sp³-hybridized carbons (Fsp3) is 0.667. The number of aryl methyl sites for hydroxylation is 1. The molecule has 0 amide bonds. The van der Waals surface area contributed by atoms with Crippen LogP contribution in [-0.4, -0.2) is 22.4 Å². The van der Waals surface area contributed by atoms with Gasteiger partial charge in [-0.2, -0.15) is 0 Å². The Morgan fingerprint density at radius 1 is 1.33 bits per heavy atom. The van der Waals surface area contributed by atoms with E-state index in [9.17, 15) is 5.11 Å². The number of hydrogen-bond acceptors (Lipinski definition) is 3. The van der Waals surface area contributed by atoms with Crippen LogP contribution in [0.15, 0.2) is 24.4 Å². The second-order valence-electron chi connectivity index (χ2n) is 5.50. The van der Waals surface area contributed by atoms with Gasteiger partial charge in [0.1, 0.15) is 6.23 Å². The fourth-order valence-electron chi connectivity index (χ4n) is 2.61. The molecule has 1 aliphatic rings. The van der Waals surface area contributed by atoms with E-state index in [1.807, 2.05) is 18.2 Å². The average Bonchev–Trinajstić information content (AvgIpc) is 2.40. The van der Waals surface area contributed by atoms with Gasteiger partial charge in [0.2, 0.25) is 0 Å². The average molecular weight is 248 g/mol. The quantitative estimate of drug-likeness (QED) is 0.787. The number of aliphatic hydroxyl groups excluding tert-OH is 1. The van der Waals surface area contributed by atoms with E-state index in [0.29, 0.717) is 6.04 Å². The Bertz CT molecular complexity index is 334. The van der Waals surface area contributed by atoms with Gasteiger partial charge in [0.05, 0.1) is 0 Å². The van der Waals surface area contributed by atoms with Crippen molar-refractivity contribution >= 4 is 0 Å². The zero-order valence-corrected chi connectivity index (χ0v) is 11.2. The molecule has 1 unspecified atom stereocenters. The van der Waals surface area contributed by atoms with Gasteiger partial charge in [0.15, 0.2) is 0 Å². The van der Waals surface area contributed by atoms with Gasteiger partial charge in [-0.1, -0.05) is 13.0 Å². The maximum atomic E-state index is 9.99.